The number of anilines is 1. The standard InChI is InChI=1S/C25H27BrN2O3S/c1-18-7-13-23(14-8-18)32(30,31)28(24-6-4-5-19(2)20(24)3)17-25(29)27-16-15-21-9-11-22(26)12-10-21/h4-14H,15-17H2,1-3H3,(H,27,29). The number of nitrogens with one attached hydrogen (secondary N) is 1. The number of rotatable bonds is 8. The summed E-state index contributed by atoms with van der Waals surface area (Å²) in [6.45, 7) is 5.83. The summed E-state index contributed by atoms with van der Waals surface area (Å²) in [5.74, 6) is -0.348. The van der Waals surface area contributed by atoms with Crippen LogP contribution in [-0.2, 0) is 21.2 Å². The molecule has 0 aliphatic heterocycles. The Hall–Kier alpha value is -2.64. The van der Waals surface area contributed by atoms with Crippen LogP contribution in [0.4, 0.5) is 5.69 Å². The number of aryl methyl sites for hydroxylation is 2. The monoisotopic (exact) mass is 514 g/mol. The Morgan fingerprint density at radius 2 is 1.59 bits per heavy atom. The zero-order valence-electron chi connectivity index (χ0n) is 18.4. The molecular weight excluding hydrogens is 488 g/mol. The molecule has 3 rings (SSSR count). The molecule has 1 N–H and O–H groups in total. The average Bonchev–Trinajstić information content (AvgIpc) is 2.76. The van der Waals surface area contributed by atoms with Crippen molar-refractivity contribution >= 4 is 37.5 Å². The Kier molecular flexibility index (Phi) is 7.74. The van der Waals surface area contributed by atoms with E-state index in [2.05, 4.69) is 21.2 Å². The van der Waals surface area contributed by atoms with Crippen molar-refractivity contribution in [2.45, 2.75) is 32.1 Å². The zero-order valence-corrected chi connectivity index (χ0v) is 20.8. The summed E-state index contributed by atoms with van der Waals surface area (Å²) in [7, 11) is -3.92. The van der Waals surface area contributed by atoms with Gasteiger partial charge in [-0.2, -0.15) is 0 Å². The first kappa shape index (κ1) is 24.0. The Morgan fingerprint density at radius 1 is 0.938 bits per heavy atom. The number of carbonyl (C=O) groups is 1. The molecule has 1 amide bonds. The van der Waals surface area contributed by atoms with Crippen molar-refractivity contribution in [3.63, 3.8) is 0 Å². The van der Waals surface area contributed by atoms with E-state index in [1.165, 1.54) is 4.31 Å². The van der Waals surface area contributed by atoms with Gasteiger partial charge >= 0.3 is 0 Å². The minimum Gasteiger partial charge on any atom is -0.354 e. The Morgan fingerprint density at radius 3 is 2.25 bits per heavy atom. The molecule has 168 valence electrons. The molecule has 0 saturated carbocycles. The van der Waals surface area contributed by atoms with Crippen molar-refractivity contribution in [2.24, 2.45) is 0 Å². The van der Waals surface area contributed by atoms with Crippen LogP contribution in [0.25, 0.3) is 0 Å². The number of hydrogen-bond donors (Lipinski definition) is 1. The molecular formula is C25H27BrN2O3S. The van der Waals surface area contributed by atoms with E-state index in [0.717, 1.165) is 26.7 Å². The van der Waals surface area contributed by atoms with Gasteiger partial charge in [-0.25, -0.2) is 8.42 Å². The highest BCUT2D eigenvalue weighted by atomic mass is 79.9. The van der Waals surface area contributed by atoms with Crippen LogP contribution in [0.3, 0.4) is 0 Å². The number of amides is 1. The Labute approximate surface area is 198 Å². The second kappa shape index (κ2) is 10.3. The quantitative estimate of drug-likeness (QED) is 0.463. The highest BCUT2D eigenvalue weighted by Crippen LogP contribution is 2.28. The summed E-state index contributed by atoms with van der Waals surface area (Å²) in [6, 6.07) is 20.0. The molecule has 3 aromatic rings. The molecule has 32 heavy (non-hydrogen) atoms. The number of nitrogens with zero attached hydrogens (tertiary/aromatic N) is 1. The lowest BCUT2D eigenvalue weighted by atomic mass is 10.1. The third-order valence-electron chi connectivity index (χ3n) is 5.39. The summed E-state index contributed by atoms with van der Waals surface area (Å²) in [4.78, 5) is 12.9. The van der Waals surface area contributed by atoms with E-state index in [1.54, 1.807) is 36.4 Å². The van der Waals surface area contributed by atoms with Crippen LogP contribution < -0.4 is 9.62 Å². The van der Waals surface area contributed by atoms with Gasteiger partial charge in [0.25, 0.3) is 10.0 Å². The van der Waals surface area contributed by atoms with Crippen molar-refractivity contribution in [1.82, 2.24) is 5.32 Å². The molecule has 3 aromatic carbocycles. The lowest BCUT2D eigenvalue weighted by molar-refractivity contribution is -0.119. The second-order valence-electron chi connectivity index (χ2n) is 7.77. The zero-order chi connectivity index (χ0) is 23.3. The molecule has 5 nitrogen and oxygen atoms in total. The summed E-state index contributed by atoms with van der Waals surface area (Å²) in [5.41, 5.74) is 4.35. The fourth-order valence-electron chi connectivity index (χ4n) is 3.33. The van der Waals surface area contributed by atoms with Gasteiger partial charge in [0.05, 0.1) is 10.6 Å². The first-order valence-electron chi connectivity index (χ1n) is 10.4. The smallest absolute Gasteiger partial charge is 0.264 e. The van der Waals surface area contributed by atoms with Crippen LogP contribution in [-0.4, -0.2) is 27.4 Å². The largest absolute Gasteiger partial charge is 0.354 e. The summed E-state index contributed by atoms with van der Waals surface area (Å²) >= 11 is 3.41. The molecule has 0 fully saturated rings. The predicted molar refractivity (Wildman–Crippen MR) is 132 cm³/mol. The fraction of sp³-hybridized carbons (Fsp3) is 0.240. The number of carbonyl (C=O) groups excluding carboxylic acids is 1. The van der Waals surface area contributed by atoms with Gasteiger partial charge in [0.15, 0.2) is 0 Å². The van der Waals surface area contributed by atoms with Crippen LogP contribution in [0.15, 0.2) is 76.1 Å². The van der Waals surface area contributed by atoms with E-state index < -0.39 is 10.0 Å². The van der Waals surface area contributed by atoms with Crippen molar-refractivity contribution in [3.05, 3.63) is 93.5 Å². The molecule has 0 aliphatic carbocycles. The number of benzene rings is 3. The predicted octanol–water partition coefficient (Wildman–Crippen LogP) is 4.93. The molecule has 0 spiro atoms. The van der Waals surface area contributed by atoms with Crippen molar-refractivity contribution in [3.8, 4) is 0 Å². The third-order valence-corrected chi connectivity index (χ3v) is 7.69. The van der Waals surface area contributed by atoms with E-state index in [9.17, 15) is 13.2 Å². The summed E-state index contributed by atoms with van der Waals surface area (Å²) in [6.07, 6.45) is 0.660. The lowest BCUT2D eigenvalue weighted by Gasteiger charge is -2.26. The molecule has 7 heteroatoms. The topological polar surface area (TPSA) is 66.5 Å². The molecule has 0 atom stereocenters. The van der Waals surface area contributed by atoms with Gasteiger partial charge in [0.1, 0.15) is 6.54 Å². The van der Waals surface area contributed by atoms with Crippen LogP contribution in [0, 0.1) is 20.8 Å². The maximum Gasteiger partial charge on any atom is 0.264 e. The van der Waals surface area contributed by atoms with Gasteiger partial charge in [-0.3, -0.25) is 9.10 Å². The van der Waals surface area contributed by atoms with Crippen LogP contribution in [0.2, 0.25) is 0 Å². The number of sulfonamides is 1. The molecule has 0 aromatic heterocycles. The van der Waals surface area contributed by atoms with Crippen molar-refractivity contribution < 1.29 is 13.2 Å². The molecule has 0 aliphatic rings. The van der Waals surface area contributed by atoms with E-state index in [1.807, 2.05) is 51.1 Å². The fourth-order valence-corrected chi connectivity index (χ4v) is 5.07. The van der Waals surface area contributed by atoms with Gasteiger partial charge in [0.2, 0.25) is 5.91 Å². The van der Waals surface area contributed by atoms with Crippen LogP contribution >= 0.6 is 15.9 Å². The van der Waals surface area contributed by atoms with Gasteiger partial charge in [-0.1, -0.05) is 57.9 Å². The first-order chi connectivity index (χ1) is 15.2. The SMILES string of the molecule is Cc1ccc(S(=O)(=O)N(CC(=O)NCCc2ccc(Br)cc2)c2cccc(C)c2C)cc1. The minimum atomic E-state index is -3.92. The molecule has 0 bridgehead atoms. The van der Waals surface area contributed by atoms with Crippen LogP contribution in [0.1, 0.15) is 22.3 Å². The average molecular weight is 515 g/mol. The third kappa shape index (κ3) is 5.78. The van der Waals surface area contributed by atoms with Gasteiger partial charge in [-0.05, 0) is 74.2 Å². The van der Waals surface area contributed by atoms with Crippen molar-refractivity contribution in [1.29, 1.82) is 0 Å². The second-order valence-corrected chi connectivity index (χ2v) is 10.5. The molecule has 0 heterocycles. The van der Waals surface area contributed by atoms with Crippen LogP contribution in [0.5, 0.6) is 0 Å². The van der Waals surface area contributed by atoms with E-state index in [4.69, 9.17) is 0 Å². The molecule has 0 radical (unpaired) electrons. The minimum absolute atomic E-state index is 0.159. The molecule has 0 unspecified atom stereocenters. The highest BCUT2D eigenvalue weighted by Gasteiger charge is 2.28. The highest BCUT2D eigenvalue weighted by molar-refractivity contribution is 9.10. The van der Waals surface area contributed by atoms with Crippen molar-refractivity contribution in [2.75, 3.05) is 17.4 Å². The lowest BCUT2D eigenvalue weighted by Crippen LogP contribution is -2.41. The summed E-state index contributed by atoms with van der Waals surface area (Å²) < 4.78 is 29.2. The van der Waals surface area contributed by atoms with Gasteiger partial charge in [-0.15, -0.1) is 0 Å². The normalized spacial score (nSPS) is 11.2. The van der Waals surface area contributed by atoms with Gasteiger partial charge in [0, 0.05) is 11.0 Å². The maximum absolute atomic E-state index is 13.5. The number of halogens is 1. The Bertz CT molecular complexity index is 1190. The number of hydrogen-bond acceptors (Lipinski definition) is 3. The van der Waals surface area contributed by atoms with E-state index in [-0.39, 0.29) is 17.3 Å². The van der Waals surface area contributed by atoms with E-state index in [0.29, 0.717) is 18.7 Å². The maximum atomic E-state index is 13.5. The molecule has 0 saturated heterocycles. The first-order valence-corrected chi connectivity index (χ1v) is 12.6. The van der Waals surface area contributed by atoms with Gasteiger partial charge < -0.3 is 5.32 Å². The Balaban J connectivity index is 1.82. The summed E-state index contributed by atoms with van der Waals surface area (Å²) in [5, 5.41) is 2.86. The van der Waals surface area contributed by atoms with E-state index >= 15 is 0 Å².